The van der Waals surface area contributed by atoms with Crippen LogP contribution in [0.25, 0.3) is 11.3 Å². The second-order valence-corrected chi connectivity index (χ2v) is 4.69. The smallest absolute Gasteiger partial charge is 0.0958 e. The van der Waals surface area contributed by atoms with Gasteiger partial charge in [0.25, 0.3) is 0 Å². The Kier molecular flexibility index (Phi) is 3.70. The molecule has 0 fully saturated rings. The minimum atomic E-state index is 0.231. The van der Waals surface area contributed by atoms with Crippen molar-refractivity contribution >= 4 is 11.3 Å². The number of hydrogen-bond donors (Lipinski definition) is 0. The van der Waals surface area contributed by atoms with Crippen molar-refractivity contribution in [2.75, 3.05) is 7.11 Å². The Labute approximate surface area is 99.9 Å². The van der Waals surface area contributed by atoms with Gasteiger partial charge in [0.05, 0.1) is 16.8 Å². The van der Waals surface area contributed by atoms with Gasteiger partial charge in [-0.2, -0.15) is 0 Å². The Morgan fingerprint density at radius 3 is 2.75 bits per heavy atom. The fourth-order valence-electron chi connectivity index (χ4n) is 1.48. The molecule has 1 aromatic carbocycles. The maximum Gasteiger partial charge on any atom is 0.0958 e. The van der Waals surface area contributed by atoms with Gasteiger partial charge in [0, 0.05) is 24.5 Å². The van der Waals surface area contributed by atoms with Crippen molar-refractivity contribution in [1.82, 2.24) is 4.98 Å². The third kappa shape index (κ3) is 2.68. The number of rotatable bonds is 4. The standard InChI is InChI=1S/C13H15NOS/c1-10(15-2)8-13-14-12(9-16-13)11-6-4-3-5-7-11/h3-7,9-10H,8H2,1-2H3. The van der Waals surface area contributed by atoms with Crippen molar-refractivity contribution in [3.8, 4) is 11.3 Å². The summed E-state index contributed by atoms with van der Waals surface area (Å²) in [7, 11) is 1.73. The van der Waals surface area contributed by atoms with Crippen molar-refractivity contribution < 1.29 is 4.74 Å². The molecule has 0 aliphatic carbocycles. The third-order valence-corrected chi connectivity index (χ3v) is 3.36. The maximum atomic E-state index is 5.24. The highest BCUT2D eigenvalue weighted by molar-refractivity contribution is 7.09. The summed E-state index contributed by atoms with van der Waals surface area (Å²) in [4.78, 5) is 4.61. The van der Waals surface area contributed by atoms with Crippen LogP contribution in [0.3, 0.4) is 0 Å². The summed E-state index contributed by atoms with van der Waals surface area (Å²) in [6.07, 6.45) is 1.11. The highest BCUT2D eigenvalue weighted by Gasteiger charge is 2.07. The fourth-order valence-corrected chi connectivity index (χ4v) is 2.39. The number of thiazole rings is 1. The van der Waals surface area contributed by atoms with E-state index in [-0.39, 0.29) is 6.10 Å². The van der Waals surface area contributed by atoms with Gasteiger partial charge in [-0.3, -0.25) is 0 Å². The molecule has 0 amide bonds. The molecule has 16 heavy (non-hydrogen) atoms. The van der Waals surface area contributed by atoms with Crippen molar-refractivity contribution in [2.45, 2.75) is 19.4 Å². The molecule has 2 nitrogen and oxygen atoms in total. The Hall–Kier alpha value is -1.19. The Balaban J connectivity index is 2.14. The van der Waals surface area contributed by atoms with E-state index in [2.05, 4.69) is 29.4 Å². The Bertz CT molecular complexity index is 438. The molecule has 0 saturated carbocycles. The zero-order valence-electron chi connectivity index (χ0n) is 9.51. The maximum absolute atomic E-state index is 5.24. The highest BCUT2D eigenvalue weighted by Crippen LogP contribution is 2.22. The minimum Gasteiger partial charge on any atom is -0.381 e. The van der Waals surface area contributed by atoms with Gasteiger partial charge in [0.15, 0.2) is 0 Å². The predicted molar refractivity (Wildman–Crippen MR) is 67.7 cm³/mol. The lowest BCUT2D eigenvalue weighted by molar-refractivity contribution is 0.119. The van der Waals surface area contributed by atoms with Crippen LogP contribution in [0.5, 0.6) is 0 Å². The first kappa shape index (κ1) is 11.3. The van der Waals surface area contributed by atoms with Gasteiger partial charge >= 0.3 is 0 Å². The Morgan fingerprint density at radius 2 is 2.06 bits per heavy atom. The molecule has 0 spiro atoms. The average molecular weight is 233 g/mol. The van der Waals surface area contributed by atoms with E-state index in [1.54, 1.807) is 18.4 Å². The summed E-state index contributed by atoms with van der Waals surface area (Å²) in [5.74, 6) is 0. The van der Waals surface area contributed by atoms with E-state index in [4.69, 9.17) is 4.74 Å². The van der Waals surface area contributed by atoms with Crippen molar-refractivity contribution in [1.29, 1.82) is 0 Å². The zero-order valence-corrected chi connectivity index (χ0v) is 10.3. The van der Waals surface area contributed by atoms with Crippen LogP contribution in [-0.2, 0) is 11.2 Å². The zero-order chi connectivity index (χ0) is 11.4. The molecule has 2 rings (SSSR count). The second-order valence-electron chi connectivity index (χ2n) is 3.74. The van der Waals surface area contributed by atoms with E-state index in [0.717, 1.165) is 17.1 Å². The number of ether oxygens (including phenoxy) is 1. The van der Waals surface area contributed by atoms with Gasteiger partial charge in [-0.15, -0.1) is 11.3 Å². The summed E-state index contributed by atoms with van der Waals surface area (Å²) in [6.45, 7) is 2.06. The molecule has 1 unspecified atom stereocenters. The van der Waals surface area contributed by atoms with Crippen LogP contribution in [0.4, 0.5) is 0 Å². The molecule has 84 valence electrons. The average Bonchev–Trinajstić information content (AvgIpc) is 2.78. The summed E-state index contributed by atoms with van der Waals surface area (Å²) >= 11 is 1.70. The number of methoxy groups -OCH3 is 1. The van der Waals surface area contributed by atoms with E-state index in [9.17, 15) is 0 Å². The molecule has 1 heterocycles. The molecular formula is C13H15NOS. The molecule has 1 atom stereocenters. The van der Waals surface area contributed by atoms with Gasteiger partial charge in [-0.25, -0.2) is 4.98 Å². The lowest BCUT2D eigenvalue weighted by atomic mass is 10.2. The van der Waals surface area contributed by atoms with Crippen molar-refractivity contribution in [3.05, 3.63) is 40.7 Å². The minimum absolute atomic E-state index is 0.231. The van der Waals surface area contributed by atoms with Crippen LogP contribution in [0, 0.1) is 0 Å². The Morgan fingerprint density at radius 1 is 1.31 bits per heavy atom. The molecule has 2 aromatic rings. The molecule has 3 heteroatoms. The fraction of sp³-hybridized carbons (Fsp3) is 0.308. The quantitative estimate of drug-likeness (QED) is 0.807. The van der Waals surface area contributed by atoms with Gasteiger partial charge in [-0.05, 0) is 6.92 Å². The topological polar surface area (TPSA) is 22.1 Å². The molecular weight excluding hydrogens is 218 g/mol. The van der Waals surface area contributed by atoms with E-state index in [1.807, 2.05) is 18.2 Å². The van der Waals surface area contributed by atoms with E-state index < -0.39 is 0 Å². The van der Waals surface area contributed by atoms with Gasteiger partial charge < -0.3 is 4.74 Å². The molecule has 0 aliphatic rings. The molecule has 0 bridgehead atoms. The van der Waals surface area contributed by atoms with E-state index in [1.165, 1.54) is 5.56 Å². The van der Waals surface area contributed by atoms with Crippen LogP contribution in [-0.4, -0.2) is 18.2 Å². The van der Waals surface area contributed by atoms with Crippen LogP contribution >= 0.6 is 11.3 Å². The normalized spacial score (nSPS) is 12.6. The highest BCUT2D eigenvalue weighted by atomic mass is 32.1. The number of nitrogens with zero attached hydrogens (tertiary/aromatic N) is 1. The second kappa shape index (κ2) is 5.23. The molecule has 0 aliphatic heterocycles. The molecule has 0 radical (unpaired) electrons. The molecule has 0 saturated heterocycles. The largest absolute Gasteiger partial charge is 0.381 e. The van der Waals surface area contributed by atoms with Crippen LogP contribution in [0.2, 0.25) is 0 Å². The lowest BCUT2D eigenvalue weighted by Crippen LogP contribution is -2.08. The van der Waals surface area contributed by atoms with Gasteiger partial charge in [0.1, 0.15) is 0 Å². The van der Waals surface area contributed by atoms with Crippen molar-refractivity contribution in [3.63, 3.8) is 0 Å². The third-order valence-electron chi connectivity index (χ3n) is 2.49. The summed E-state index contributed by atoms with van der Waals surface area (Å²) in [5.41, 5.74) is 2.24. The SMILES string of the molecule is COC(C)Cc1nc(-c2ccccc2)cs1. The summed E-state index contributed by atoms with van der Waals surface area (Å²) < 4.78 is 5.24. The first-order chi connectivity index (χ1) is 7.79. The molecule has 1 aromatic heterocycles. The number of benzene rings is 1. The lowest BCUT2D eigenvalue weighted by Gasteiger charge is -2.05. The van der Waals surface area contributed by atoms with Crippen molar-refractivity contribution in [2.24, 2.45) is 0 Å². The number of aromatic nitrogens is 1. The first-order valence-electron chi connectivity index (χ1n) is 5.32. The van der Waals surface area contributed by atoms with Gasteiger partial charge in [0.2, 0.25) is 0 Å². The predicted octanol–water partition coefficient (Wildman–Crippen LogP) is 3.39. The van der Waals surface area contributed by atoms with Gasteiger partial charge in [-0.1, -0.05) is 30.3 Å². The summed E-state index contributed by atoms with van der Waals surface area (Å²) in [6, 6.07) is 10.2. The van der Waals surface area contributed by atoms with E-state index >= 15 is 0 Å². The molecule has 0 N–H and O–H groups in total. The van der Waals surface area contributed by atoms with Crippen LogP contribution in [0.15, 0.2) is 35.7 Å². The first-order valence-corrected chi connectivity index (χ1v) is 6.20. The van der Waals surface area contributed by atoms with E-state index in [0.29, 0.717) is 0 Å². The monoisotopic (exact) mass is 233 g/mol. The summed E-state index contributed by atoms with van der Waals surface area (Å²) in [5, 5.41) is 3.24. The van der Waals surface area contributed by atoms with Crippen LogP contribution < -0.4 is 0 Å². The van der Waals surface area contributed by atoms with Crippen LogP contribution in [0.1, 0.15) is 11.9 Å². The number of hydrogen-bond acceptors (Lipinski definition) is 3.